The summed E-state index contributed by atoms with van der Waals surface area (Å²) in [7, 11) is 1.62. The Hall–Kier alpha value is -3.02. The van der Waals surface area contributed by atoms with E-state index in [-0.39, 0.29) is 18.4 Å². The number of amides is 2. The largest absolute Gasteiger partial charge is 0.490 e. The van der Waals surface area contributed by atoms with Gasteiger partial charge in [-0.15, -0.1) is 0 Å². The minimum absolute atomic E-state index is 0.0156. The van der Waals surface area contributed by atoms with Crippen LogP contribution in [0.5, 0.6) is 11.5 Å². The molecular formula is C21H26N2O4. The van der Waals surface area contributed by atoms with E-state index in [1.807, 2.05) is 49.4 Å². The molecular weight excluding hydrogens is 344 g/mol. The fourth-order valence-corrected chi connectivity index (χ4v) is 2.47. The standard InChI is InChI=1S/C21H26N2O4/c1-3-26-18-12-7-8-13-19(18)27-15-9-14-21(25)23(2)16-20(24)22-17-10-5-4-6-11-17/h4-8,10-13H,3,9,14-16H2,1-2H3,(H,22,24). The lowest BCUT2D eigenvalue weighted by atomic mass is 10.2. The Morgan fingerprint density at radius 2 is 1.59 bits per heavy atom. The SMILES string of the molecule is CCOc1ccccc1OCCCC(=O)N(C)CC(=O)Nc1ccccc1. The second kappa shape index (κ2) is 10.9. The number of nitrogens with zero attached hydrogens (tertiary/aromatic N) is 1. The molecule has 0 unspecified atom stereocenters. The van der Waals surface area contributed by atoms with Gasteiger partial charge in [-0.05, 0) is 37.6 Å². The fraction of sp³-hybridized carbons (Fsp3) is 0.333. The molecule has 0 fully saturated rings. The van der Waals surface area contributed by atoms with Gasteiger partial charge in [0, 0.05) is 19.2 Å². The van der Waals surface area contributed by atoms with E-state index in [1.54, 1.807) is 19.2 Å². The van der Waals surface area contributed by atoms with Crippen molar-refractivity contribution in [1.82, 2.24) is 4.90 Å². The van der Waals surface area contributed by atoms with Crippen molar-refractivity contribution in [2.24, 2.45) is 0 Å². The van der Waals surface area contributed by atoms with Crippen molar-refractivity contribution in [1.29, 1.82) is 0 Å². The number of rotatable bonds is 10. The maximum absolute atomic E-state index is 12.2. The van der Waals surface area contributed by atoms with Gasteiger partial charge in [-0.2, -0.15) is 0 Å². The van der Waals surface area contributed by atoms with Crippen LogP contribution in [-0.4, -0.2) is 43.5 Å². The summed E-state index contributed by atoms with van der Waals surface area (Å²) in [5.74, 6) is 1.04. The monoisotopic (exact) mass is 370 g/mol. The maximum atomic E-state index is 12.2. The van der Waals surface area contributed by atoms with Gasteiger partial charge in [-0.25, -0.2) is 0 Å². The molecule has 2 amide bonds. The number of ether oxygens (including phenoxy) is 2. The van der Waals surface area contributed by atoms with E-state index in [1.165, 1.54) is 4.90 Å². The Labute approximate surface area is 160 Å². The van der Waals surface area contributed by atoms with Gasteiger partial charge in [0.15, 0.2) is 11.5 Å². The van der Waals surface area contributed by atoms with Crippen LogP contribution in [-0.2, 0) is 9.59 Å². The summed E-state index contributed by atoms with van der Waals surface area (Å²) >= 11 is 0. The molecule has 0 heterocycles. The van der Waals surface area contributed by atoms with Crippen LogP contribution in [0.25, 0.3) is 0 Å². The summed E-state index contributed by atoms with van der Waals surface area (Å²) in [6.45, 7) is 2.90. The minimum atomic E-state index is -0.223. The van der Waals surface area contributed by atoms with Crippen LogP contribution >= 0.6 is 0 Å². The van der Waals surface area contributed by atoms with Gasteiger partial charge in [0.2, 0.25) is 11.8 Å². The predicted octanol–water partition coefficient (Wildman–Crippen LogP) is 3.34. The third-order valence-electron chi connectivity index (χ3n) is 3.81. The van der Waals surface area contributed by atoms with Gasteiger partial charge in [0.05, 0.1) is 19.8 Å². The highest BCUT2D eigenvalue weighted by molar-refractivity contribution is 5.94. The zero-order valence-electron chi connectivity index (χ0n) is 15.8. The number of benzene rings is 2. The van der Waals surface area contributed by atoms with Crippen molar-refractivity contribution in [3.8, 4) is 11.5 Å². The Kier molecular flexibility index (Phi) is 8.16. The molecule has 0 aliphatic rings. The average Bonchev–Trinajstić information content (AvgIpc) is 2.67. The molecule has 0 aromatic heterocycles. The second-order valence-electron chi connectivity index (χ2n) is 6.00. The summed E-state index contributed by atoms with van der Waals surface area (Å²) in [6, 6.07) is 16.6. The van der Waals surface area contributed by atoms with Crippen LogP contribution in [0.4, 0.5) is 5.69 Å². The van der Waals surface area contributed by atoms with Crippen molar-refractivity contribution in [2.75, 3.05) is 32.1 Å². The maximum Gasteiger partial charge on any atom is 0.243 e. The van der Waals surface area contributed by atoms with Gasteiger partial charge in [-0.3, -0.25) is 9.59 Å². The molecule has 0 aliphatic heterocycles. The first kappa shape index (κ1) is 20.3. The van der Waals surface area contributed by atoms with E-state index in [0.29, 0.717) is 43.2 Å². The number of para-hydroxylation sites is 3. The second-order valence-corrected chi connectivity index (χ2v) is 6.00. The minimum Gasteiger partial charge on any atom is -0.490 e. The molecule has 0 saturated heterocycles. The average molecular weight is 370 g/mol. The van der Waals surface area contributed by atoms with Gasteiger partial charge < -0.3 is 19.7 Å². The Morgan fingerprint density at radius 3 is 2.26 bits per heavy atom. The highest BCUT2D eigenvalue weighted by Gasteiger charge is 2.13. The zero-order valence-corrected chi connectivity index (χ0v) is 15.8. The molecule has 27 heavy (non-hydrogen) atoms. The fourth-order valence-electron chi connectivity index (χ4n) is 2.47. The van der Waals surface area contributed by atoms with Crippen LogP contribution in [0.15, 0.2) is 54.6 Å². The number of carbonyl (C=O) groups excluding carboxylic acids is 2. The molecule has 1 N–H and O–H groups in total. The van der Waals surface area contributed by atoms with E-state index >= 15 is 0 Å². The summed E-state index contributed by atoms with van der Waals surface area (Å²) < 4.78 is 11.2. The van der Waals surface area contributed by atoms with Gasteiger partial charge in [0.25, 0.3) is 0 Å². The smallest absolute Gasteiger partial charge is 0.243 e. The molecule has 6 heteroatoms. The lowest BCUT2D eigenvalue weighted by Gasteiger charge is -2.17. The lowest BCUT2D eigenvalue weighted by Crippen LogP contribution is -2.34. The van der Waals surface area contributed by atoms with Crippen LogP contribution in [0, 0.1) is 0 Å². The van der Waals surface area contributed by atoms with Crippen LogP contribution in [0.3, 0.4) is 0 Å². The lowest BCUT2D eigenvalue weighted by molar-refractivity contribution is -0.133. The Balaban J connectivity index is 1.70. The molecule has 0 saturated carbocycles. The molecule has 0 radical (unpaired) electrons. The van der Waals surface area contributed by atoms with Crippen LogP contribution in [0.2, 0.25) is 0 Å². The number of likely N-dealkylation sites (N-methyl/N-ethyl adjacent to an activating group) is 1. The van der Waals surface area contributed by atoms with Crippen molar-refractivity contribution in [2.45, 2.75) is 19.8 Å². The highest BCUT2D eigenvalue weighted by Crippen LogP contribution is 2.26. The molecule has 144 valence electrons. The summed E-state index contributed by atoms with van der Waals surface area (Å²) in [5, 5.41) is 2.76. The summed E-state index contributed by atoms with van der Waals surface area (Å²) in [6.07, 6.45) is 0.871. The Bertz CT molecular complexity index is 734. The molecule has 2 aromatic rings. The van der Waals surface area contributed by atoms with E-state index in [4.69, 9.17) is 9.47 Å². The first-order valence-electron chi connectivity index (χ1n) is 9.03. The first-order valence-corrected chi connectivity index (χ1v) is 9.03. The van der Waals surface area contributed by atoms with Gasteiger partial charge >= 0.3 is 0 Å². The predicted molar refractivity (Wildman–Crippen MR) is 105 cm³/mol. The number of hydrogen-bond acceptors (Lipinski definition) is 4. The molecule has 0 spiro atoms. The molecule has 2 aromatic carbocycles. The van der Waals surface area contributed by atoms with Gasteiger partial charge in [0.1, 0.15) is 0 Å². The molecule has 0 aliphatic carbocycles. The number of nitrogens with one attached hydrogen (secondary N) is 1. The van der Waals surface area contributed by atoms with Crippen molar-refractivity contribution in [3.63, 3.8) is 0 Å². The normalized spacial score (nSPS) is 10.1. The zero-order chi connectivity index (χ0) is 19.5. The van der Waals surface area contributed by atoms with E-state index in [9.17, 15) is 9.59 Å². The van der Waals surface area contributed by atoms with Crippen molar-refractivity contribution >= 4 is 17.5 Å². The molecule has 0 atom stereocenters. The molecule has 2 rings (SSSR count). The molecule has 0 bridgehead atoms. The Morgan fingerprint density at radius 1 is 0.963 bits per heavy atom. The summed E-state index contributed by atoms with van der Waals surface area (Å²) in [4.78, 5) is 25.6. The van der Waals surface area contributed by atoms with Crippen molar-refractivity contribution in [3.05, 3.63) is 54.6 Å². The third kappa shape index (κ3) is 7.01. The van der Waals surface area contributed by atoms with Crippen molar-refractivity contribution < 1.29 is 19.1 Å². The van der Waals surface area contributed by atoms with E-state index < -0.39 is 0 Å². The summed E-state index contributed by atoms with van der Waals surface area (Å²) in [5.41, 5.74) is 0.713. The highest BCUT2D eigenvalue weighted by atomic mass is 16.5. The number of anilines is 1. The van der Waals surface area contributed by atoms with Crippen LogP contribution in [0.1, 0.15) is 19.8 Å². The number of carbonyl (C=O) groups is 2. The topological polar surface area (TPSA) is 67.9 Å². The quantitative estimate of drug-likeness (QED) is 0.652. The van der Waals surface area contributed by atoms with E-state index in [0.717, 1.165) is 0 Å². The first-order chi connectivity index (χ1) is 13.1. The third-order valence-corrected chi connectivity index (χ3v) is 3.81. The van der Waals surface area contributed by atoms with Gasteiger partial charge in [-0.1, -0.05) is 30.3 Å². The number of hydrogen-bond donors (Lipinski definition) is 1. The van der Waals surface area contributed by atoms with Crippen LogP contribution < -0.4 is 14.8 Å². The molecule has 6 nitrogen and oxygen atoms in total. The van der Waals surface area contributed by atoms with E-state index in [2.05, 4.69) is 5.32 Å².